The molecule has 1 amide bonds. The highest BCUT2D eigenvalue weighted by atomic mass is 16.5. The molecule has 2 aromatic carbocycles. The second-order valence-corrected chi connectivity index (χ2v) is 4.96. The SMILES string of the molecule is COc1ccccc1N(C)C(=O)CCCc1ccccc1. The van der Waals surface area contributed by atoms with E-state index in [1.165, 1.54) is 5.56 Å². The van der Waals surface area contributed by atoms with Gasteiger partial charge in [0.25, 0.3) is 0 Å². The average Bonchev–Trinajstić information content (AvgIpc) is 2.55. The van der Waals surface area contributed by atoms with Gasteiger partial charge in [0, 0.05) is 13.5 Å². The Labute approximate surface area is 126 Å². The second-order valence-electron chi connectivity index (χ2n) is 4.96. The lowest BCUT2D eigenvalue weighted by Crippen LogP contribution is -2.26. The molecule has 0 aromatic heterocycles. The van der Waals surface area contributed by atoms with Crippen molar-refractivity contribution in [2.75, 3.05) is 19.1 Å². The number of amides is 1. The van der Waals surface area contributed by atoms with Crippen molar-refractivity contribution in [2.24, 2.45) is 0 Å². The molecule has 0 aliphatic carbocycles. The Bertz CT molecular complexity index is 581. The van der Waals surface area contributed by atoms with Crippen LogP contribution in [0.5, 0.6) is 5.75 Å². The van der Waals surface area contributed by atoms with E-state index in [0.717, 1.165) is 24.3 Å². The monoisotopic (exact) mass is 283 g/mol. The third kappa shape index (κ3) is 4.09. The van der Waals surface area contributed by atoms with E-state index in [4.69, 9.17) is 4.74 Å². The second kappa shape index (κ2) is 7.48. The van der Waals surface area contributed by atoms with Crippen molar-refractivity contribution in [1.29, 1.82) is 0 Å². The van der Waals surface area contributed by atoms with Crippen LogP contribution in [0.25, 0.3) is 0 Å². The van der Waals surface area contributed by atoms with Gasteiger partial charge in [-0.3, -0.25) is 4.79 Å². The van der Waals surface area contributed by atoms with Crippen molar-refractivity contribution in [2.45, 2.75) is 19.3 Å². The van der Waals surface area contributed by atoms with Crippen molar-refractivity contribution in [3.8, 4) is 5.75 Å². The van der Waals surface area contributed by atoms with E-state index in [0.29, 0.717) is 6.42 Å². The lowest BCUT2D eigenvalue weighted by Gasteiger charge is -2.19. The Morgan fingerprint density at radius 2 is 1.71 bits per heavy atom. The molecule has 0 radical (unpaired) electrons. The number of methoxy groups -OCH3 is 1. The Morgan fingerprint density at radius 3 is 2.43 bits per heavy atom. The van der Waals surface area contributed by atoms with Crippen LogP contribution in [0.4, 0.5) is 5.69 Å². The van der Waals surface area contributed by atoms with E-state index in [1.807, 2.05) is 42.5 Å². The molecule has 0 N–H and O–H groups in total. The van der Waals surface area contributed by atoms with Crippen molar-refractivity contribution >= 4 is 11.6 Å². The Balaban J connectivity index is 1.91. The molecule has 0 bridgehead atoms. The standard InChI is InChI=1S/C18H21NO2/c1-19(16-12-6-7-13-17(16)21-2)18(20)14-8-11-15-9-4-3-5-10-15/h3-7,9-10,12-13H,8,11,14H2,1-2H3. The van der Waals surface area contributed by atoms with Gasteiger partial charge < -0.3 is 9.64 Å². The minimum Gasteiger partial charge on any atom is -0.495 e. The number of nitrogens with zero attached hydrogens (tertiary/aromatic N) is 1. The summed E-state index contributed by atoms with van der Waals surface area (Å²) in [4.78, 5) is 13.9. The molecule has 2 rings (SSSR count). The summed E-state index contributed by atoms with van der Waals surface area (Å²) in [5, 5.41) is 0. The third-order valence-electron chi connectivity index (χ3n) is 3.52. The van der Waals surface area contributed by atoms with Crippen LogP contribution in [-0.4, -0.2) is 20.1 Å². The predicted octanol–water partition coefficient (Wildman–Crippen LogP) is 3.68. The van der Waals surface area contributed by atoms with Gasteiger partial charge in [-0.15, -0.1) is 0 Å². The van der Waals surface area contributed by atoms with Gasteiger partial charge in [-0.05, 0) is 30.5 Å². The summed E-state index contributed by atoms with van der Waals surface area (Å²) in [5.41, 5.74) is 2.08. The number of carbonyl (C=O) groups excluding carboxylic acids is 1. The van der Waals surface area contributed by atoms with Gasteiger partial charge in [-0.25, -0.2) is 0 Å². The fourth-order valence-electron chi connectivity index (χ4n) is 2.30. The zero-order valence-corrected chi connectivity index (χ0v) is 12.6. The zero-order valence-electron chi connectivity index (χ0n) is 12.6. The molecule has 0 saturated heterocycles. The maximum Gasteiger partial charge on any atom is 0.226 e. The van der Waals surface area contributed by atoms with Crippen LogP contribution in [0, 0.1) is 0 Å². The topological polar surface area (TPSA) is 29.5 Å². The van der Waals surface area contributed by atoms with E-state index in [-0.39, 0.29) is 5.91 Å². The van der Waals surface area contributed by atoms with Gasteiger partial charge in [0.15, 0.2) is 0 Å². The maximum absolute atomic E-state index is 12.3. The highest BCUT2D eigenvalue weighted by molar-refractivity contribution is 5.94. The molecule has 0 aliphatic rings. The molecular formula is C18H21NO2. The van der Waals surface area contributed by atoms with Crippen LogP contribution in [0.1, 0.15) is 18.4 Å². The Morgan fingerprint density at radius 1 is 1.05 bits per heavy atom. The van der Waals surface area contributed by atoms with Crippen molar-refractivity contribution in [3.63, 3.8) is 0 Å². The minimum atomic E-state index is 0.107. The van der Waals surface area contributed by atoms with Gasteiger partial charge >= 0.3 is 0 Å². The summed E-state index contributed by atoms with van der Waals surface area (Å²) in [5.74, 6) is 0.826. The molecule has 3 nitrogen and oxygen atoms in total. The van der Waals surface area contributed by atoms with Crippen LogP contribution in [0.2, 0.25) is 0 Å². The highest BCUT2D eigenvalue weighted by Crippen LogP contribution is 2.27. The van der Waals surface area contributed by atoms with Crippen molar-refractivity contribution < 1.29 is 9.53 Å². The van der Waals surface area contributed by atoms with Crippen LogP contribution < -0.4 is 9.64 Å². The number of aryl methyl sites for hydroxylation is 1. The third-order valence-corrected chi connectivity index (χ3v) is 3.52. The number of anilines is 1. The first kappa shape index (κ1) is 15.1. The summed E-state index contributed by atoms with van der Waals surface area (Å²) in [7, 11) is 3.41. The summed E-state index contributed by atoms with van der Waals surface area (Å²) in [6.07, 6.45) is 2.30. The number of rotatable bonds is 6. The maximum atomic E-state index is 12.3. The number of ether oxygens (including phenoxy) is 1. The van der Waals surface area contributed by atoms with Gasteiger partial charge in [0.1, 0.15) is 5.75 Å². The minimum absolute atomic E-state index is 0.107. The quantitative estimate of drug-likeness (QED) is 0.809. The summed E-state index contributed by atoms with van der Waals surface area (Å²) >= 11 is 0. The smallest absolute Gasteiger partial charge is 0.226 e. The molecule has 0 unspecified atom stereocenters. The number of hydrogen-bond donors (Lipinski definition) is 0. The molecule has 0 spiro atoms. The molecule has 21 heavy (non-hydrogen) atoms. The molecule has 0 fully saturated rings. The number of carbonyl (C=O) groups is 1. The normalized spacial score (nSPS) is 10.2. The molecule has 0 aliphatic heterocycles. The van der Waals surface area contributed by atoms with Gasteiger partial charge in [0.2, 0.25) is 5.91 Å². The largest absolute Gasteiger partial charge is 0.495 e. The summed E-state index contributed by atoms with van der Waals surface area (Å²) in [6.45, 7) is 0. The molecule has 0 saturated carbocycles. The Hall–Kier alpha value is -2.29. The van der Waals surface area contributed by atoms with E-state index in [2.05, 4.69) is 12.1 Å². The molecule has 0 atom stereocenters. The predicted molar refractivity (Wildman–Crippen MR) is 85.8 cm³/mol. The zero-order chi connectivity index (χ0) is 15.1. The van der Waals surface area contributed by atoms with Crippen molar-refractivity contribution in [3.05, 3.63) is 60.2 Å². The summed E-state index contributed by atoms with van der Waals surface area (Å²) < 4.78 is 5.30. The first-order chi connectivity index (χ1) is 10.2. The Kier molecular flexibility index (Phi) is 5.38. The fourth-order valence-corrected chi connectivity index (χ4v) is 2.30. The molecular weight excluding hydrogens is 262 g/mol. The number of para-hydroxylation sites is 2. The van der Waals surface area contributed by atoms with Crippen molar-refractivity contribution in [1.82, 2.24) is 0 Å². The average molecular weight is 283 g/mol. The van der Waals surface area contributed by atoms with Gasteiger partial charge in [-0.2, -0.15) is 0 Å². The van der Waals surface area contributed by atoms with Gasteiger partial charge in [-0.1, -0.05) is 42.5 Å². The fraction of sp³-hybridized carbons (Fsp3) is 0.278. The first-order valence-electron chi connectivity index (χ1n) is 7.16. The summed E-state index contributed by atoms with van der Waals surface area (Å²) in [6, 6.07) is 17.8. The molecule has 3 heteroatoms. The van der Waals surface area contributed by atoms with E-state index in [1.54, 1.807) is 19.1 Å². The van der Waals surface area contributed by atoms with Crippen LogP contribution in [0.15, 0.2) is 54.6 Å². The highest BCUT2D eigenvalue weighted by Gasteiger charge is 2.14. The number of hydrogen-bond acceptors (Lipinski definition) is 2. The molecule has 0 heterocycles. The lowest BCUT2D eigenvalue weighted by atomic mass is 10.1. The van der Waals surface area contributed by atoms with Crippen LogP contribution >= 0.6 is 0 Å². The molecule has 2 aromatic rings. The van der Waals surface area contributed by atoms with Crippen LogP contribution in [-0.2, 0) is 11.2 Å². The van der Waals surface area contributed by atoms with E-state index >= 15 is 0 Å². The lowest BCUT2D eigenvalue weighted by molar-refractivity contribution is -0.118. The molecule has 110 valence electrons. The van der Waals surface area contributed by atoms with Gasteiger partial charge in [0.05, 0.1) is 12.8 Å². The van der Waals surface area contributed by atoms with E-state index < -0.39 is 0 Å². The van der Waals surface area contributed by atoms with Crippen LogP contribution in [0.3, 0.4) is 0 Å². The number of benzene rings is 2. The van der Waals surface area contributed by atoms with E-state index in [9.17, 15) is 4.79 Å². The first-order valence-corrected chi connectivity index (χ1v) is 7.16.